The Hall–Kier alpha value is -2.23. The predicted octanol–water partition coefficient (Wildman–Crippen LogP) is 2.40. The lowest BCUT2D eigenvalue weighted by atomic mass is 10.2. The molecule has 0 saturated carbocycles. The Labute approximate surface area is 154 Å². The van der Waals surface area contributed by atoms with Crippen LogP contribution in [-0.4, -0.2) is 56.3 Å². The van der Waals surface area contributed by atoms with Crippen LogP contribution in [0.3, 0.4) is 0 Å². The molecular formula is C15H18ClN6O2S+. The first-order valence-corrected chi connectivity index (χ1v) is 8.78. The van der Waals surface area contributed by atoms with E-state index in [0.717, 1.165) is 11.4 Å². The molecule has 1 fully saturated rings. The van der Waals surface area contributed by atoms with Gasteiger partial charge in [-0.05, 0) is 5.56 Å². The highest BCUT2D eigenvalue weighted by molar-refractivity contribution is 7.15. The van der Waals surface area contributed by atoms with Gasteiger partial charge in [0.25, 0.3) is 5.96 Å². The van der Waals surface area contributed by atoms with Crippen LogP contribution in [0.15, 0.2) is 41.6 Å². The van der Waals surface area contributed by atoms with Gasteiger partial charge in [-0.25, -0.2) is 10.2 Å². The van der Waals surface area contributed by atoms with Crippen molar-refractivity contribution < 1.29 is 10.2 Å². The van der Waals surface area contributed by atoms with Crippen molar-refractivity contribution in [2.45, 2.75) is 13.1 Å². The summed E-state index contributed by atoms with van der Waals surface area (Å²) in [5.41, 5.74) is 1.20. The van der Waals surface area contributed by atoms with Crippen molar-refractivity contribution in [1.82, 2.24) is 19.7 Å². The topological polar surface area (TPSA) is 75.3 Å². The summed E-state index contributed by atoms with van der Waals surface area (Å²) in [5.74, 6) is 0.395. The molecule has 0 atom stereocenters. The summed E-state index contributed by atoms with van der Waals surface area (Å²) in [6.45, 7) is 2.40. The van der Waals surface area contributed by atoms with E-state index >= 15 is 0 Å². The van der Waals surface area contributed by atoms with Gasteiger partial charge in [0.1, 0.15) is 10.0 Å². The molecule has 0 bridgehead atoms. The van der Waals surface area contributed by atoms with Crippen LogP contribution in [-0.2, 0) is 13.1 Å². The molecule has 1 aliphatic heterocycles. The first-order valence-electron chi connectivity index (χ1n) is 7.58. The monoisotopic (exact) mass is 381 g/mol. The SMILES string of the molecule is CN1CN(Cc2ccccc2)CN(Cc2cnc(Cl)s2)/C1=N/[N+](=O)O. The maximum Gasteiger partial charge on any atom is 0.391 e. The molecule has 3 rings (SSSR count). The second kappa shape index (κ2) is 7.77. The van der Waals surface area contributed by atoms with Gasteiger partial charge in [0, 0.05) is 24.7 Å². The molecule has 0 radical (unpaired) electrons. The first kappa shape index (κ1) is 17.6. The Morgan fingerprint density at radius 3 is 2.72 bits per heavy atom. The van der Waals surface area contributed by atoms with Crippen molar-refractivity contribution in [2.75, 3.05) is 20.4 Å². The van der Waals surface area contributed by atoms with E-state index < -0.39 is 5.03 Å². The van der Waals surface area contributed by atoms with E-state index in [0.29, 0.717) is 30.3 Å². The fraction of sp³-hybridized carbons (Fsp3) is 0.333. The van der Waals surface area contributed by atoms with Crippen molar-refractivity contribution in [3.63, 3.8) is 0 Å². The molecule has 0 spiro atoms. The lowest BCUT2D eigenvalue weighted by Gasteiger charge is -2.41. The highest BCUT2D eigenvalue weighted by atomic mass is 35.5. The van der Waals surface area contributed by atoms with Crippen LogP contribution in [0.4, 0.5) is 0 Å². The molecular weight excluding hydrogens is 364 g/mol. The zero-order valence-corrected chi connectivity index (χ0v) is 15.2. The number of halogens is 1. The normalized spacial score (nSPS) is 17.3. The lowest BCUT2D eigenvalue weighted by Crippen LogP contribution is -2.56. The summed E-state index contributed by atoms with van der Waals surface area (Å²) in [5, 5.41) is 12.3. The van der Waals surface area contributed by atoms with Gasteiger partial charge in [-0.15, -0.1) is 11.3 Å². The third kappa shape index (κ3) is 4.65. The molecule has 1 aliphatic rings. The Bertz CT molecular complexity index is 768. The van der Waals surface area contributed by atoms with Gasteiger partial charge in [0.05, 0.1) is 19.9 Å². The van der Waals surface area contributed by atoms with Crippen molar-refractivity contribution in [1.29, 1.82) is 0 Å². The van der Waals surface area contributed by atoms with E-state index in [9.17, 15) is 4.91 Å². The van der Waals surface area contributed by atoms with E-state index in [1.165, 1.54) is 16.9 Å². The highest BCUT2D eigenvalue weighted by Crippen LogP contribution is 2.22. The number of thiazole rings is 1. The summed E-state index contributed by atoms with van der Waals surface area (Å²) in [4.78, 5) is 21.9. The minimum Gasteiger partial charge on any atom is -0.327 e. The van der Waals surface area contributed by atoms with Gasteiger partial charge in [-0.1, -0.05) is 41.9 Å². The third-order valence-corrected chi connectivity index (χ3v) is 4.80. The maximum absolute atomic E-state index is 11.0. The molecule has 1 aromatic heterocycles. The summed E-state index contributed by atoms with van der Waals surface area (Å²) >= 11 is 7.28. The zero-order chi connectivity index (χ0) is 17.8. The predicted molar refractivity (Wildman–Crippen MR) is 95.0 cm³/mol. The van der Waals surface area contributed by atoms with Gasteiger partial charge in [0.2, 0.25) is 0 Å². The van der Waals surface area contributed by atoms with Gasteiger partial charge in [0.15, 0.2) is 4.47 Å². The molecule has 25 heavy (non-hydrogen) atoms. The minimum atomic E-state index is -0.411. The largest absolute Gasteiger partial charge is 0.391 e. The van der Waals surface area contributed by atoms with Crippen LogP contribution in [0.1, 0.15) is 10.4 Å². The number of rotatable bonds is 5. The average molecular weight is 382 g/mol. The summed E-state index contributed by atoms with van der Waals surface area (Å²) in [6, 6.07) is 10.1. The van der Waals surface area contributed by atoms with E-state index in [1.807, 2.05) is 35.0 Å². The van der Waals surface area contributed by atoms with E-state index in [2.05, 4.69) is 27.1 Å². The maximum atomic E-state index is 11.0. The molecule has 0 amide bonds. The van der Waals surface area contributed by atoms with Gasteiger partial charge in [-0.2, -0.15) is 0 Å². The van der Waals surface area contributed by atoms with E-state index in [1.54, 1.807) is 6.20 Å². The Morgan fingerprint density at radius 1 is 1.32 bits per heavy atom. The summed E-state index contributed by atoms with van der Waals surface area (Å²) < 4.78 is 0.465. The van der Waals surface area contributed by atoms with Gasteiger partial charge in [-0.3, -0.25) is 4.90 Å². The van der Waals surface area contributed by atoms with Crippen LogP contribution in [0.2, 0.25) is 4.47 Å². The highest BCUT2D eigenvalue weighted by Gasteiger charge is 2.30. The molecule has 1 aromatic carbocycles. The van der Waals surface area contributed by atoms with E-state index in [4.69, 9.17) is 16.8 Å². The van der Waals surface area contributed by atoms with Crippen molar-refractivity contribution in [2.24, 2.45) is 5.10 Å². The number of hydrazone groups is 1. The van der Waals surface area contributed by atoms with Crippen molar-refractivity contribution in [3.8, 4) is 0 Å². The Balaban J connectivity index is 1.79. The Kier molecular flexibility index (Phi) is 5.47. The number of hydrogen-bond acceptors (Lipinski definition) is 4. The number of aromatic nitrogens is 1. The second-order valence-corrected chi connectivity index (χ2v) is 7.42. The van der Waals surface area contributed by atoms with Crippen LogP contribution in [0.25, 0.3) is 0 Å². The smallest absolute Gasteiger partial charge is 0.327 e. The van der Waals surface area contributed by atoms with Crippen LogP contribution < -0.4 is 0 Å². The fourth-order valence-electron chi connectivity index (χ4n) is 2.78. The minimum absolute atomic E-state index is 0.395. The van der Waals surface area contributed by atoms with Crippen molar-refractivity contribution >= 4 is 28.9 Å². The lowest BCUT2D eigenvalue weighted by molar-refractivity contribution is -0.797. The number of guanidine groups is 1. The molecule has 1 saturated heterocycles. The van der Waals surface area contributed by atoms with Gasteiger partial charge >= 0.3 is 5.03 Å². The number of nitrogens with zero attached hydrogens (tertiary/aromatic N) is 6. The van der Waals surface area contributed by atoms with Crippen LogP contribution in [0, 0.1) is 4.91 Å². The fourth-order valence-corrected chi connectivity index (χ4v) is 3.77. The third-order valence-electron chi connectivity index (χ3n) is 3.70. The molecule has 2 heterocycles. The summed E-state index contributed by atoms with van der Waals surface area (Å²) in [6.07, 6.45) is 1.70. The average Bonchev–Trinajstić information content (AvgIpc) is 2.96. The van der Waals surface area contributed by atoms with Crippen molar-refractivity contribution in [3.05, 3.63) is 56.3 Å². The Morgan fingerprint density at radius 2 is 2.08 bits per heavy atom. The molecule has 2 aromatic rings. The number of hydrogen-bond donors (Lipinski definition) is 1. The quantitative estimate of drug-likeness (QED) is 0.801. The second-order valence-electron chi connectivity index (χ2n) is 5.73. The molecule has 10 heteroatoms. The number of benzene rings is 1. The first-order chi connectivity index (χ1) is 12.0. The molecule has 132 valence electrons. The van der Waals surface area contributed by atoms with Crippen LogP contribution in [0.5, 0.6) is 0 Å². The van der Waals surface area contributed by atoms with Gasteiger partial charge < -0.3 is 9.80 Å². The molecule has 0 aliphatic carbocycles. The molecule has 0 unspecified atom stereocenters. The standard InChI is InChI=1S/C15H18ClN6O2S/c1-19-10-20(8-12-5-3-2-4-6-12)11-21(15(19)18-22(23)24)9-13-7-17-14(16)25-13/h2-7H,8-11H2,1H3,(H,23,24)/q+1/b18-15+. The molecule has 1 N–H and O–H groups in total. The van der Waals surface area contributed by atoms with E-state index in [-0.39, 0.29) is 0 Å². The van der Waals surface area contributed by atoms with Crippen LogP contribution >= 0.6 is 22.9 Å². The zero-order valence-electron chi connectivity index (χ0n) is 13.6. The molecule has 8 nitrogen and oxygen atoms in total. The summed E-state index contributed by atoms with van der Waals surface area (Å²) in [7, 11) is 1.83.